The molecule has 0 aliphatic rings. The van der Waals surface area contributed by atoms with E-state index in [1.807, 2.05) is 30.0 Å². The Morgan fingerprint density at radius 3 is 2.80 bits per heavy atom. The summed E-state index contributed by atoms with van der Waals surface area (Å²) in [4.78, 5) is 1.24. The molecule has 0 nitrogen and oxygen atoms in total. The van der Waals surface area contributed by atoms with Crippen molar-refractivity contribution in [2.75, 3.05) is 5.75 Å². The molecule has 0 N–H and O–H groups in total. The molecule has 0 aliphatic heterocycles. The molecule has 0 heterocycles. The smallest absolute Gasteiger partial charge is 0 e. The minimum absolute atomic E-state index is 0. The maximum Gasteiger partial charge on any atom is 0 e. The van der Waals surface area contributed by atoms with Crippen molar-refractivity contribution in [3.63, 3.8) is 0 Å². The third-order valence-electron chi connectivity index (χ3n) is 0.980. The fraction of sp³-hybridized carbons (Fsp3) is 0.250. The van der Waals surface area contributed by atoms with Gasteiger partial charge in [0.25, 0.3) is 0 Å². The van der Waals surface area contributed by atoms with E-state index in [-0.39, 0.29) is 32.7 Å². The van der Waals surface area contributed by atoms with Crippen LogP contribution < -0.4 is 0 Å². The second-order valence-corrected chi connectivity index (χ2v) is 2.97. The first-order valence-corrected chi connectivity index (χ1v) is 4.01. The third-order valence-corrected chi connectivity index (χ3v) is 1.83. The predicted molar refractivity (Wildman–Crippen MR) is 41.7 cm³/mol. The van der Waals surface area contributed by atoms with Gasteiger partial charge in [-0.25, -0.2) is 0 Å². The monoisotopic (exact) mass is 226 g/mol. The van der Waals surface area contributed by atoms with Gasteiger partial charge in [0.15, 0.2) is 0 Å². The van der Waals surface area contributed by atoms with Crippen molar-refractivity contribution in [1.82, 2.24) is 0 Å². The summed E-state index contributed by atoms with van der Waals surface area (Å²) in [5.41, 5.74) is 0. The topological polar surface area (TPSA) is 0 Å². The molecule has 0 aliphatic carbocycles. The van der Waals surface area contributed by atoms with Gasteiger partial charge in [0.1, 0.15) is 0 Å². The minimum Gasteiger partial charge on any atom is -0.176 e. The summed E-state index contributed by atoms with van der Waals surface area (Å²) in [6, 6.07) is 11.2. The maximum atomic E-state index is 3.13. The van der Waals surface area contributed by atoms with Crippen LogP contribution in [-0.2, 0) is 32.7 Å². The minimum atomic E-state index is 0. The number of rotatable bonds is 2. The summed E-state index contributed by atoms with van der Waals surface area (Å²) in [5.74, 6) is 1.13. The van der Waals surface area contributed by atoms with Gasteiger partial charge in [-0.1, -0.05) is 6.92 Å². The van der Waals surface area contributed by atoms with Crippen LogP contribution in [0.3, 0.4) is 0 Å². The molecule has 10 heavy (non-hydrogen) atoms. The fourth-order valence-electron chi connectivity index (χ4n) is 0.622. The van der Waals surface area contributed by atoms with Gasteiger partial charge >= 0.3 is 0 Å². The first-order valence-electron chi connectivity index (χ1n) is 3.03. The van der Waals surface area contributed by atoms with Gasteiger partial charge in [-0.05, 0) is 5.75 Å². The van der Waals surface area contributed by atoms with Crippen LogP contribution in [0.15, 0.2) is 29.2 Å². The molecule has 0 bridgehead atoms. The van der Waals surface area contributed by atoms with E-state index in [0.29, 0.717) is 0 Å². The fourth-order valence-corrected chi connectivity index (χ4v) is 1.26. The standard InChI is InChI=1S/C8H9S.Y/c1-2-9-8-6-4-3-5-7-8;/h3-6H,2H2,1H3;/q-1;. The largest absolute Gasteiger partial charge is 0.176 e. The second-order valence-electron chi connectivity index (χ2n) is 1.66. The molecular formula is C8H9SY-. The van der Waals surface area contributed by atoms with Crippen molar-refractivity contribution in [2.45, 2.75) is 11.8 Å². The van der Waals surface area contributed by atoms with Crippen molar-refractivity contribution in [1.29, 1.82) is 0 Å². The van der Waals surface area contributed by atoms with Crippen LogP contribution >= 0.6 is 11.8 Å². The van der Waals surface area contributed by atoms with Crippen molar-refractivity contribution < 1.29 is 32.7 Å². The zero-order valence-corrected chi connectivity index (χ0v) is 9.66. The van der Waals surface area contributed by atoms with E-state index in [9.17, 15) is 0 Å². The van der Waals surface area contributed by atoms with E-state index in [4.69, 9.17) is 0 Å². The van der Waals surface area contributed by atoms with Crippen LogP contribution in [0.2, 0.25) is 0 Å². The van der Waals surface area contributed by atoms with Gasteiger partial charge in [0.2, 0.25) is 0 Å². The Balaban J connectivity index is 0.000000810. The van der Waals surface area contributed by atoms with E-state index in [1.165, 1.54) is 4.90 Å². The zero-order valence-electron chi connectivity index (χ0n) is 6.00. The Bertz CT molecular complexity index is 162. The number of hydrogen-bond acceptors (Lipinski definition) is 1. The molecule has 0 amide bonds. The first kappa shape index (κ1) is 10.7. The number of benzene rings is 1. The van der Waals surface area contributed by atoms with Gasteiger partial charge in [0, 0.05) is 32.7 Å². The zero-order chi connectivity index (χ0) is 6.53. The summed E-state index contributed by atoms with van der Waals surface area (Å²) in [5, 5.41) is 0. The van der Waals surface area contributed by atoms with Gasteiger partial charge in [-0.3, -0.25) is 0 Å². The van der Waals surface area contributed by atoms with E-state index in [2.05, 4.69) is 19.1 Å². The molecule has 1 radical (unpaired) electrons. The van der Waals surface area contributed by atoms with Crippen LogP contribution in [0.4, 0.5) is 0 Å². The Labute approximate surface area is 91.7 Å². The molecule has 2 heteroatoms. The van der Waals surface area contributed by atoms with Crippen molar-refractivity contribution >= 4 is 11.8 Å². The molecule has 1 aromatic carbocycles. The van der Waals surface area contributed by atoms with Crippen LogP contribution in [0.25, 0.3) is 0 Å². The second kappa shape index (κ2) is 6.39. The van der Waals surface area contributed by atoms with Crippen molar-refractivity contribution in [2.24, 2.45) is 0 Å². The first-order chi connectivity index (χ1) is 4.43. The van der Waals surface area contributed by atoms with Crippen LogP contribution in [0.1, 0.15) is 6.92 Å². The van der Waals surface area contributed by atoms with Gasteiger partial charge in [-0.15, -0.1) is 4.90 Å². The summed E-state index contributed by atoms with van der Waals surface area (Å²) in [7, 11) is 0. The molecule has 1 aromatic rings. The molecule has 0 saturated carbocycles. The average molecular weight is 226 g/mol. The number of thioether (sulfide) groups is 1. The molecule has 0 atom stereocenters. The van der Waals surface area contributed by atoms with E-state index in [1.54, 1.807) is 0 Å². The Morgan fingerprint density at radius 2 is 2.30 bits per heavy atom. The summed E-state index contributed by atoms with van der Waals surface area (Å²) in [6.45, 7) is 2.14. The molecule has 0 fully saturated rings. The molecule has 0 aromatic heterocycles. The SMILES string of the molecule is CCSc1[c-]cccc1.[Y]. The summed E-state index contributed by atoms with van der Waals surface area (Å²) >= 11 is 1.82. The maximum absolute atomic E-state index is 3.13. The summed E-state index contributed by atoms with van der Waals surface area (Å²) < 4.78 is 0. The van der Waals surface area contributed by atoms with Gasteiger partial charge < -0.3 is 0 Å². The van der Waals surface area contributed by atoms with Crippen LogP contribution in [0, 0.1) is 6.07 Å². The molecule has 0 unspecified atom stereocenters. The van der Waals surface area contributed by atoms with Gasteiger partial charge in [-0.2, -0.15) is 42.1 Å². The Morgan fingerprint density at radius 1 is 1.50 bits per heavy atom. The predicted octanol–water partition coefficient (Wildman–Crippen LogP) is 2.60. The number of hydrogen-bond donors (Lipinski definition) is 0. The molecule has 0 spiro atoms. The average Bonchev–Trinajstić information content (AvgIpc) is 1.91. The molecule has 0 saturated heterocycles. The Hall–Kier alpha value is 0.674. The van der Waals surface area contributed by atoms with Crippen molar-refractivity contribution in [3.05, 3.63) is 30.3 Å². The quantitative estimate of drug-likeness (QED) is 0.551. The molecule has 51 valence electrons. The van der Waals surface area contributed by atoms with Gasteiger partial charge in [0.05, 0.1) is 0 Å². The van der Waals surface area contributed by atoms with Crippen molar-refractivity contribution in [3.8, 4) is 0 Å². The Kier molecular flexibility index (Phi) is 6.82. The third kappa shape index (κ3) is 3.75. The van der Waals surface area contributed by atoms with E-state index < -0.39 is 0 Å². The van der Waals surface area contributed by atoms with Crippen LogP contribution in [0.5, 0.6) is 0 Å². The molecule has 1 rings (SSSR count). The molecular weight excluding hydrogens is 217 g/mol. The van der Waals surface area contributed by atoms with E-state index >= 15 is 0 Å². The normalized spacial score (nSPS) is 8.50. The van der Waals surface area contributed by atoms with E-state index in [0.717, 1.165) is 5.75 Å². The summed E-state index contributed by atoms with van der Waals surface area (Å²) in [6.07, 6.45) is 0. The van der Waals surface area contributed by atoms with Crippen LogP contribution in [-0.4, -0.2) is 5.75 Å².